The number of guanidine groups is 1. The van der Waals surface area contributed by atoms with Gasteiger partial charge in [0.2, 0.25) is 10.0 Å². The molecule has 7 nitrogen and oxygen atoms in total. The summed E-state index contributed by atoms with van der Waals surface area (Å²) >= 11 is 0. The third kappa shape index (κ3) is 7.82. The minimum absolute atomic E-state index is 0.0948. The molecule has 164 valence electrons. The van der Waals surface area contributed by atoms with Gasteiger partial charge in [0, 0.05) is 26.2 Å². The molecule has 11 heteroatoms. The number of nitrogens with one attached hydrogen (secondary N) is 2. The van der Waals surface area contributed by atoms with E-state index in [4.69, 9.17) is 4.74 Å². The van der Waals surface area contributed by atoms with E-state index in [2.05, 4.69) is 15.6 Å². The fourth-order valence-corrected chi connectivity index (χ4v) is 4.04. The minimum Gasteiger partial charge on any atom is -0.379 e. The molecule has 0 bridgehead atoms. The maximum Gasteiger partial charge on any atom is 0.416 e. The highest BCUT2D eigenvalue weighted by atomic mass is 32.2. The van der Waals surface area contributed by atoms with Gasteiger partial charge in [0.05, 0.1) is 31.1 Å². The van der Waals surface area contributed by atoms with Gasteiger partial charge in [-0.25, -0.2) is 8.42 Å². The first-order valence-electron chi connectivity index (χ1n) is 9.46. The average molecular weight is 437 g/mol. The first-order valence-corrected chi connectivity index (χ1v) is 11.1. The summed E-state index contributed by atoms with van der Waals surface area (Å²) in [5.41, 5.74) is 0.0850. The molecule has 1 fully saturated rings. The molecule has 2 N–H and O–H groups in total. The van der Waals surface area contributed by atoms with E-state index in [-0.39, 0.29) is 12.3 Å². The molecule has 0 atom stereocenters. The monoisotopic (exact) mass is 436 g/mol. The van der Waals surface area contributed by atoms with Crippen molar-refractivity contribution in [2.45, 2.75) is 19.5 Å². The zero-order valence-corrected chi connectivity index (χ0v) is 17.2. The number of halogens is 3. The second-order valence-electron chi connectivity index (χ2n) is 6.46. The first kappa shape index (κ1) is 23.4. The van der Waals surface area contributed by atoms with E-state index in [0.717, 1.165) is 17.7 Å². The number of hydrogen-bond donors (Lipinski definition) is 2. The predicted octanol–water partition coefficient (Wildman–Crippen LogP) is 1.47. The summed E-state index contributed by atoms with van der Waals surface area (Å²) in [6, 6.07) is 5.02. The van der Waals surface area contributed by atoms with Crippen LogP contribution in [0.25, 0.3) is 0 Å². The quantitative estimate of drug-likeness (QED) is 0.476. The van der Waals surface area contributed by atoms with Gasteiger partial charge in [-0.3, -0.25) is 4.99 Å². The molecule has 1 aliphatic rings. The molecule has 1 aromatic carbocycles. The molecule has 29 heavy (non-hydrogen) atoms. The second-order valence-corrected chi connectivity index (χ2v) is 8.55. The summed E-state index contributed by atoms with van der Waals surface area (Å²) in [5.74, 6) is 0.374. The van der Waals surface area contributed by atoms with Gasteiger partial charge in [-0.15, -0.1) is 0 Å². The molecule has 2 rings (SSSR count). The van der Waals surface area contributed by atoms with Gasteiger partial charge in [-0.1, -0.05) is 12.1 Å². The molecule has 1 heterocycles. The van der Waals surface area contributed by atoms with Crippen LogP contribution in [-0.4, -0.2) is 70.4 Å². The van der Waals surface area contributed by atoms with Crippen molar-refractivity contribution in [1.29, 1.82) is 0 Å². The molecule has 0 aliphatic carbocycles. The van der Waals surface area contributed by atoms with Gasteiger partial charge < -0.3 is 15.4 Å². The van der Waals surface area contributed by atoms with Gasteiger partial charge in [-0.2, -0.15) is 17.5 Å². The number of benzene rings is 1. The van der Waals surface area contributed by atoms with Crippen molar-refractivity contribution in [3.63, 3.8) is 0 Å². The highest BCUT2D eigenvalue weighted by Crippen LogP contribution is 2.29. The Balaban J connectivity index is 1.82. The topological polar surface area (TPSA) is 83.0 Å². The van der Waals surface area contributed by atoms with Crippen LogP contribution in [0.1, 0.15) is 18.1 Å². The number of sulfonamides is 1. The third-order valence-electron chi connectivity index (χ3n) is 4.31. The number of nitrogens with zero attached hydrogens (tertiary/aromatic N) is 2. The average Bonchev–Trinajstić information content (AvgIpc) is 2.68. The summed E-state index contributed by atoms with van der Waals surface area (Å²) in [4.78, 5) is 4.28. The largest absolute Gasteiger partial charge is 0.416 e. The molecule has 0 spiro atoms. The SMILES string of the molecule is CCNC(=NCCS(=O)(=O)N1CCOCC1)NCCc1ccc(C(F)(F)F)cc1. The molecular formula is C18H27F3N4O3S. The summed E-state index contributed by atoms with van der Waals surface area (Å²) in [5, 5.41) is 6.09. The Kier molecular flexibility index (Phi) is 8.72. The van der Waals surface area contributed by atoms with Crippen molar-refractivity contribution in [3.05, 3.63) is 35.4 Å². The van der Waals surface area contributed by atoms with Crippen molar-refractivity contribution in [2.75, 3.05) is 51.7 Å². The van der Waals surface area contributed by atoms with Crippen molar-refractivity contribution >= 4 is 16.0 Å². The van der Waals surface area contributed by atoms with Crippen LogP contribution in [0.2, 0.25) is 0 Å². The fraction of sp³-hybridized carbons (Fsp3) is 0.611. The van der Waals surface area contributed by atoms with E-state index in [0.29, 0.717) is 51.8 Å². The highest BCUT2D eigenvalue weighted by molar-refractivity contribution is 7.89. The Morgan fingerprint density at radius 3 is 2.41 bits per heavy atom. The van der Waals surface area contributed by atoms with E-state index >= 15 is 0 Å². The lowest BCUT2D eigenvalue weighted by Gasteiger charge is -2.25. The van der Waals surface area contributed by atoms with Crippen LogP contribution >= 0.6 is 0 Å². The van der Waals surface area contributed by atoms with Crippen molar-refractivity contribution in [2.24, 2.45) is 4.99 Å². The molecule has 1 saturated heterocycles. The molecule has 1 aliphatic heterocycles. The molecule has 0 unspecified atom stereocenters. The van der Waals surface area contributed by atoms with Crippen LogP contribution in [0.15, 0.2) is 29.3 Å². The van der Waals surface area contributed by atoms with Crippen molar-refractivity contribution in [3.8, 4) is 0 Å². The summed E-state index contributed by atoms with van der Waals surface area (Å²) in [6.45, 7) is 4.56. The van der Waals surface area contributed by atoms with E-state index in [1.54, 1.807) is 0 Å². The number of alkyl halides is 3. The van der Waals surface area contributed by atoms with Gasteiger partial charge in [0.15, 0.2) is 5.96 Å². The number of rotatable bonds is 8. The van der Waals surface area contributed by atoms with Crippen LogP contribution in [-0.2, 0) is 27.4 Å². The summed E-state index contributed by atoms with van der Waals surface area (Å²) in [7, 11) is -3.37. The summed E-state index contributed by atoms with van der Waals surface area (Å²) in [6.07, 6.45) is -3.84. The standard InChI is InChI=1S/C18H27F3N4O3S/c1-2-22-17(24-9-14-29(26,27)25-10-12-28-13-11-25)23-8-7-15-3-5-16(6-4-15)18(19,20)21/h3-6H,2,7-14H2,1H3,(H2,22,23,24). The van der Waals surface area contributed by atoms with Gasteiger partial charge >= 0.3 is 6.18 Å². The zero-order chi connectivity index (χ0) is 21.3. The molecule has 0 saturated carbocycles. The van der Waals surface area contributed by atoms with E-state index in [1.165, 1.54) is 16.4 Å². The van der Waals surface area contributed by atoms with Crippen LogP contribution < -0.4 is 10.6 Å². The van der Waals surface area contributed by atoms with E-state index < -0.39 is 21.8 Å². The van der Waals surface area contributed by atoms with Crippen molar-refractivity contribution < 1.29 is 26.3 Å². The molecule has 0 radical (unpaired) electrons. The Hall–Kier alpha value is -1.85. The lowest BCUT2D eigenvalue weighted by molar-refractivity contribution is -0.137. The van der Waals surface area contributed by atoms with E-state index in [9.17, 15) is 21.6 Å². The number of morpholine rings is 1. The van der Waals surface area contributed by atoms with Gasteiger partial charge in [-0.05, 0) is 31.0 Å². The van der Waals surface area contributed by atoms with Gasteiger partial charge in [0.25, 0.3) is 0 Å². The Morgan fingerprint density at radius 2 is 1.83 bits per heavy atom. The highest BCUT2D eigenvalue weighted by Gasteiger charge is 2.29. The molecule has 0 aromatic heterocycles. The Morgan fingerprint density at radius 1 is 1.17 bits per heavy atom. The molecule has 1 aromatic rings. The fourth-order valence-electron chi connectivity index (χ4n) is 2.75. The molecule has 0 amide bonds. The normalized spacial score (nSPS) is 16.6. The van der Waals surface area contributed by atoms with E-state index in [1.807, 2.05) is 6.92 Å². The minimum atomic E-state index is -4.34. The van der Waals surface area contributed by atoms with Crippen LogP contribution in [0, 0.1) is 0 Å². The van der Waals surface area contributed by atoms with Gasteiger partial charge in [0.1, 0.15) is 0 Å². The van der Waals surface area contributed by atoms with Crippen LogP contribution in [0.3, 0.4) is 0 Å². The number of ether oxygens (including phenoxy) is 1. The second kappa shape index (κ2) is 10.8. The predicted molar refractivity (Wildman–Crippen MR) is 105 cm³/mol. The zero-order valence-electron chi connectivity index (χ0n) is 16.3. The first-order chi connectivity index (χ1) is 13.7. The Labute approximate surface area is 169 Å². The maximum absolute atomic E-state index is 12.6. The smallest absolute Gasteiger partial charge is 0.379 e. The number of hydrogen-bond acceptors (Lipinski definition) is 4. The maximum atomic E-state index is 12.6. The third-order valence-corrected chi connectivity index (χ3v) is 6.16. The van der Waals surface area contributed by atoms with Crippen LogP contribution in [0.5, 0.6) is 0 Å². The Bertz CT molecular complexity index is 762. The molecular weight excluding hydrogens is 409 g/mol. The number of aliphatic imine (C=N–C) groups is 1. The lowest BCUT2D eigenvalue weighted by atomic mass is 10.1. The van der Waals surface area contributed by atoms with Crippen molar-refractivity contribution in [1.82, 2.24) is 14.9 Å². The van der Waals surface area contributed by atoms with Crippen LogP contribution in [0.4, 0.5) is 13.2 Å². The summed E-state index contributed by atoms with van der Waals surface area (Å²) < 4.78 is 69.0. The lowest BCUT2D eigenvalue weighted by Crippen LogP contribution is -2.42.